The lowest BCUT2D eigenvalue weighted by Gasteiger charge is -2.33. The van der Waals surface area contributed by atoms with Crippen molar-refractivity contribution in [2.24, 2.45) is 5.73 Å². The zero-order valence-electron chi connectivity index (χ0n) is 12.7. The molecule has 116 valence electrons. The molecule has 1 unspecified atom stereocenters. The lowest BCUT2D eigenvalue weighted by Crippen LogP contribution is -2.54. The molecule has 4 nitrogen and oxygen atoms in total. The van der Waals surface area contributed by atoms with Gasteiger partial charge in [-0.2, -0.15) is 0 Å². The summed E-state index contributed by atoms with van der Waals surface area (Å²) < 4.78 is 0.981. The smallest absolute Gasteiger partial charge is 0.244 e. The Bertz CT molecular complexity index is 479. The second-order valence-electron chi connectivity index (χ2n) is 5.89. The van der Waals surface area contributed by atoms with Crippen LogP contribution in [0.4, 0.5) is 0 Å². The summed E-state index contributed by atoms with van der Waals surface area (Å²) in [6, 6.07) is 7.84. The van der Waals surface area contributed by atoms with Crippen LogP contribution in [0.5, 0.6) is 0 Å². The number of carbonyl (C=O) groups is 1. The Kier molecular flexibility index (Phi) is 5.41. The Balaban J connectivity index is 1.97. The van der Waals surface area contributed by atoms with Gasteiger partial charge in [-0.05, 0) is 44.0 Å². The number of halogens is 1. The average molecular weight is 354 g/mol. The van der Waals surface area contributed by atoms with E-state index in [4.69, 9.17) is 5.73 Å². The predicted octanol–water partition coefficient (Wildman–Crippen LogP) is 2.22. The maximum atomic E-state index is 12.5. The SMILES string of the molecule is CCN1CCC(NC(=O)C(C)(N)c2ccc(Br)cc2)CC1. The van der Waals surface area contributed by atoms with E-state index in [9.17, 15) is 4.79 Å². The summed E-state index contributed by atoms with van der Waals surface area (Å²) >= 11 is 3.40. The standard InChI is InChI=1S/C16H24BrN3O/c1-3-20-10-8-14(9-11-20)19-15(21)16(2,18)12-4-6-13(17)7-5-12/h4-7,14H,3,8-11,18H2,1-2H3,(H,19,21). The molecule has 0 saturated carbocycles. The number of hydrogen-bond donors (Lipinski definition) is 2. The van der Waals surface area contributed by atoms with Crippen LogP contribution in [0, 0.1) is 0 Å². The first-order chi connectivity index (χ1) is 9.93. The monoisotopic (exact) mass is 353 g/mol. The van der Waals surface area contributed by atoms with Crippen LogP contribution in [0.25, 0.3) is 0 Å². The topological polar surface area (TPSA) is 58.4 Å². The number of rotatable bonds is 4. The second kappa shape index (κ2) is 6.90. The number of nitrogens with zero attached hydrogens (tertiary/aromatic N) is 1. The number of likely N-dealkylation sites (tertiary alicyclic amines) is 1. The molecule has 0 aliphatic carbocycles. The summed E-state index contributed by atoms with van der Waals surface area (Å²) in [5.41, 5.74) is 6.10. The van der Waals surface area contributed by atoms with Gasteiger partial charge in [0.2, 0.25) is 5.91 Å². The molecule has 1 atom stereocenters. The largest absolute Gasteiger partial charge is 0.351 e. The van der Waals surface area contributed by atoms with E-state index in [1.165, 1.54) is 0 Å². The number of benzene rings is 1. The van der Waals surface area contributed by atoms with Gasteiger partial charge in [0.05, 0.1) is 0 Å². The maximum Gasteiger partial charge on any atom is 0.244 e. The summed E-state index contributed by atoms with van der Waals surface area (Å²) in [5, 5.41) is 3.11. The van der Waals surface area contributed by atoms with E-state index in [0.29, 0.717) is 0 Å². The molecular weight excluding hydrogens is 330 g/mol. The number of carbonyl (C=O) groups excluding carboxylic acids is 1. The van der Waals surface area contributed by atoms with E-state index >= 15 is 0 Å². The van der Waals surface area contributed by atoms with Crippen LogP contribution in [-0.4, -0.2) is 36.5 Å². The Morgan fingerprint density at radius 1 is 1.38 bits per heavy atom. The summed E-state index contributed by atoms with van der Waals surface area (Å²) in [6.07, 6.45) is 1.99. The molecule has 1 fully saturated rings. The predicted molar refractivity (Wildman–Crippen MR) is 89.0 cm³/mol. The van der Waals surface area contributed by atoms with Gasteiger partial charge in [0.15, 0.2) is 0 Å². The lowest BCUT2D eigenvalue weighted by atomic mass is 9.91. The van der Waals surface area contributed by atoms with Crippen molar-refractivity contribution < 1.29 is 4.79 Å². The number of nitrogens with two attached hydrogens (primary N) is 1. The van der Waals surface area contributed by atoms with Crippen LogP contribution in [0.15, 0.2) is 28.7 Å². The van der Waals surface area contributed by atoms with E-state index in [1.54, 1.807) is 6.92 Å². The van der Waals surface area contributed by atoms with Gasteiger partial charge in [0.1, 0.15) is 5.54 Å². The lowest BCUT2D eigenvalue weighted by molar-refractivity contribution is -0.127. The van der Waals surface area contributed by atoms with Gasteiger partial charge in [0.25, 0.3) is 0 Å². The van der Waals surface area contributed by atoms with Gasteiger partial charge in [-0.3, -0.25) is 4.79 Å². The number of nitrogens with one attached hydrogen (secondary N) is 1. The molecule has 0 aromatic heterocycles. The molecular formula is C16H24BrN3O. The van der Waals surface area contributed by atoms with E-state index < -0.39 is 5.54 Å². The van der Waals surface area contributed by atoms with Crippen LogP contribution in [0.2, 0.25) is 0 Å². The first-order valence-corrected chi connectivity index (χ1v) is 8.31. The first-order valence-electron chi connectivity index (χ1n) is 7.51. The highest BCUT2D eigenvalue weighted by Crippen LogP contribution is 2.21. The first kappa shape index (κ1) is 16.5. The Hall–Kier alpha value is -0.910. The number of amides is 1. The van der Waals surface area contributed by atoms with Gasteiger partial charge in [-0.15, -0.1) is 0 Å². The molecule has 1 heterocycles. The molecule has 0 radical (unpaired) electrons. The van der Waals surface area contributed by atoms with Crippen LogP contribution in [0.1, 0.15) is 32.3 Å². The van der Waals surface area contributed by atoms with Crippen molar-refractivity contribution in [1.82, 2.24) is 10.2 Å². The molecule has 2 rings (SSSR count). The molecule has 3 N–H and O–H groups in total. The van der Waals surface area contributed by atoms with Crippen LogP contribution in [-0.2, 0) is 10.3 Å². The second-order valence-corrected chi connectivity index (χ2v) is 6.81. The van der Waals surface area contributed by atoms with E-state index in [-0.39, 0.29) is 11.9 Å². The zero-order valence-corrected chi connectivity index (χ0v) is 14.3. The third-order valence-corrected chi connectivity index (χ3v) is 4.81. The molecule has 1 amide bonds. The van der Waals surface area contributed by atoms with Crippen molar-refractivity contribution in [1.29, 1.82) is 0 Å². The van der Waals surface area contributed by atoms with Crippen molar-refractivity contribution in [2.75, 3.05) is 19.6 Å². The van der Waals surface area contributed by atoms with Crippen molar-refractivity contribution in [3.05, 3.63) is 34.3 Å². The molecule has 1 aromatic carbocycles. The van der Waals surface area contributed by atoms with Gasteiger partial charge in [0, 0.05) is 23.6 Å². The fourth-order valence-corrected chi connectivity index (χ4v) is 2.92. The van der Waals surface area contributed by atoms with Gasteiger partial charge >= 0.3 is 0 Å². The van der Waals surface area contributed by atoms with E-state index in [1.807, 2.05) is 24.3 Å². The highest BCUT2D eigenvalue weighted by Gasteiger charge is 2.32. The molecule has 1 saturated heterocycles. The zero-order chi connectivity index (χ0) is 15.5. The van der Waals surface area contributed by atoms with Crippen molar-refractivity contribution in [3.63, 3.8) is 0 Å². The van der Waals surface area contributed by atoms with Crippen molar-refractivity contribution >= 4 is 21.8 Å². The van der Waals surface area contributed by atoms with Crippen molar-refractivity contribution in [2.45, 2.75) is 38.3 Å². The fourth-order valence-electron chi connectivity index (χ4n) is 2.66. The third kappa shape index (κ3) is 4.05. The molecule has 0 bridgehead atoms. The van der Waals surface area contributed by atoms with Gasteiger partial charge < -0.3 is 16.0 Å². The summed E-state index contributed by atoms with van der Waals surface area (Å²) in [5.74, 6) is -0.0974. The Morgan fingerprint density at radius 2 is 1.95 bits per heavy atom. The Morgan fingerprint density at radius 3 is 2.48 bits per heavy atom. The molecule has 5 heteroatoms. The molecule has 21 heavy (non-hydrogen) atoms. The van der Waals surface area contributed by atoms with Crippen LogP contribution in [0.3, 0.4) is 0 Å². The minimum Gasteiger partial charge on any atom is -0.351 e. The minimum atomic E-state index is -0.997. The highest BCUT2D eigenvalue weighted by atomic mass is 79.9. The van der Waals surface area contributed by atoms with Crippen LogP contribution >= 0.6 is 15.9 Å². The summed E-state index contributed by atoms with van der Waals surface area (Å²) in [7, 11) is 0. The average Bonchev–Trinajstić information content (AvgIpc) is 2.48. The summed E-state index contributed by atoms with van der Waals surface area (Å²) in [4.78, 5) is 14.9. The molecule has 1 aliphatic heterocycles. The Labute approximate surface area is 135 Å². The van der Waals surface area contributed by atoms with E-state index in [2.05, 4.69) is 33.1 Å². The highest BCUT2D eigenvalue weighted by molar-refractivity contribution is 9.10. The summed E-state index contributed by atoms with van der Waals surface area (Å²) in [6.45, 7) is 7.10. The molecule has 1 aromatic rings. The number of hydrogen-bond acceptors (Lipinski definition) is 3. The quantitative estimate of drug-likeness (QED) is 0.872. The van der Waals surface area contributed by atoms with Crippen LogP contribution < -0.4 is 11.1 Å². The van der Waals surface area contributed by atoms with Gasteiger partial charge in [-0.1, -0.05) is 35.0 Å². The van der Waals surface area contributed by atoms with Gasteiger partial charge in [-0.25, -0.2) is 0 Å². The molecule has 0 spiro atoms. The number of piperidine rings is 1. The van der Waals surface area contributed by atoms with Crippen molar-refractivity contribution in [3.8, 4) is 0 Å². The fraction of sp³-hybridized carbons (Fsp3) is 0.562. The maximum absolute atomic E-state index is 12.5. The molecule has 1 aliphatic rings. The van der Waals surface area contributed by atoms with E-state index in [0.717, 1.165) is 42.5 Å². The normalized spacial score (nSPS) is 20.0. The minimum absolute atomic E-state index is 0.0974. The third-order valence-electron chi connectivity index (χ3n) is 4.29.